The first-order valence-corrected chi connectivity index (χ1v) is 11.5. The summed E-state index contributed by atoms with van der Waals surface area (Å²) < 4.78 is 5.13. The number of urea groups is 1. The number of ether oxygens (including phenoxy) is 1. The molecule has 1 aliphatic rings. The highest BCUT2D eigenvalue weighted by Gasteiger charge is 2.11. The second-order valence-electron chi connectivity index (χ2n) is 8.22. The van der Waals surface area contributed by atoms with E-state index in [0.717, 1.165) is 30.0 Å². The maximum atomic E-state index is 12.5. The Kier molecular flexibility index (Phi) is 7.60. The number of allylic oxidation sites excluding steroid dienone is 1. The van der Waals surface area contributed by atoms with Crippen molar-refractivity contribution in [3.05, 3.63) is 95.6 Å². The molecule has 0 atom stereocenters. The molecule has 1 fully saturated rings. The number of carbonyl (C=O) groups is 2. The summed E-state index contributed by atoms with van der Waals surface area (Å²) in [7, 11) is 1.61. The minimum absolute atomic E-state index is 0.0841. The van der Waals surface area contributed by atoms with Crippen molar-refractivity contribution in [1.29, 1.82) is 0 Å². The predicted octanol–water partition coefficient (Wildman–Crippen LogP) is 5.51. The van der Waals surface area contributed by atoms with Crippen LogP contribution in [0, 0.1) is 0 Å². The number of methoxy groups -OCH3 is 1. The summed E-state index contributed by atoms with van der Waals surface area (Å²) in [5, 5.41) is 5.59. The van der Waals surface area contributed by atoms with Gasteiger partial charge in [-0.2, -0.15) is 0 Å². The zero-order valence-corrected chi connectivity index (χ0v) is 19.3. The Balaban J connectivity index is 1.26. The molecule has 0 bridgehead atoms. The van der Waals surface area contributed by atoms with Gasteiger partial charge in [0.2, 0.25) is 0 Å². The van der Waals surface area contributed by atoms with Crippen LogP contribution in [0.4, 0.5) is 16.2 Å². The first-order valence-electron chi connectivity index (χ1n) is 11.5. The highest BCUT2D eigenvalue weighted by molar-refractivity contribution is 6.07. The number of hydrogen-bond acceptors (Lipinski definition) is 4. The molecule has 2 N–H and O–H groups in total. The van der Waals surface area contributed by atoms with E-state index in [0.29, 0.717) is 17.8 Å². The Labute approximate surface area is 200 Å². The van der Waals surface area contributed by atoms with E-state index in [4.69, 9.17) is 4.74 Å². The minimum atomic E-state index is -0.313. The molecule has 0 aromatic heterocycles. The number of rotatable bonds is 8. The molecule has 1 saturated heterocycles. The van der Waals surface area contributed by atoms with Gasteiger partial charge in [0.15, 0.2) is 5.78 Å². The Morgan fingerprint density at radius 2 is 1.59 bits per heavy atom. The summed E-state index contributed by atoms with van der Waals surface area (Å²) in [6, 6.07) is 22.3. The molecule has 0 spiro atoms. The molecule has 34 heavy (non-hydrogen) atoms. The second-order valence-corrected chi connectivity index (χ2v) is 8.22. The first-order chi connectivity index (χ1) is 16.6. The van der Waals surface area contributed by atoms with Crippen LogP contribution in [0.3, 0.4) is 0 Å². The van der Waals surface area contributed by atoms with Crippen LogP contribution in [0.15, 0.2) is 78.9 Å². The van der Waals surface area contributed by atoms with E-state index in [1.165, 1.54) is 18.5 Å². The van der Waals surface area contributed by atoms with E-state index >= 15 is 0 Å². The normalized spacial score (nSPS) is 13.1. The van der Waals surface area contributed by atoms with Gasteiger partial charge in [-0.05, 0) is 78.6 Å². The van der Waals surface area contributed by atoms with E-state index < -0.39 is 0 Å². The summed E-state index contributed by atoms with van der Waals surface area (Å²) in [5.74, 6) is 0.687. The zero-order valence-electron chi connectivity index (χ0n) is 19.3. The molecular weight excluding hydrogens is 426 g/mol. The number of nitrogens with one attached hydrogen (secondary N) is 2. The molecule has 0 saturated carbocycles. The number of anilines is 2. The molecule has 4 rings (SSSR count). The van der Waals surface area contributed by atoms with Crippen molar-refractivity contribution >= 4 is 29.3 Å². The number of ketones is 1. The fourth-order valence-corrected chi connectivity index (χ4v) is 3.86. The number of carbonyl (C=O) groups excluding carboxylic acids is 2. The molecule has 1 heterocycles. The second kappa shape index (κ2) is 11.2. The van der Waals surface area contributed by atoms with E-state index in [2.05, 4.69) is 27.7 Å². The maximum absolute atomic E-state index is 12.5. The molecule has 174 valence electrons. The van der Waals surface area contributed by atoms with Gasteiger partial charge in [-0.1, -0.05) is 30.3 Å². The number of amides is 2. The van der Waals surface area contributed by atoms with Crippen molar-refractivity contribution in [1.82, 2.24) is 5.32 Å². The topological polar surface area (TPSA) is 70.7 Å². The standard InChI is InChI=1S/C28H29N3O3/c1-34-26-15-6-22(7-16-26)20-29-28(33)30-24-11-9-23(10-12-24)27(32)17-8-21-4-13-25(14-5-21)31-18-2-3-19-31/h4-17H,2-3,18-20H2,1H3,(H2,29,30,33). The van der Waals surface area contributed by atoms with Gasteiger partial charge in [0.1, 0.15) is 5.75 Å². The Morgan fingerprint density at radius 3 is 2.24 bits per heavy atom. The van der Waals surface area contributed by atoms with Gasteiger partial charge in [0.25, 0.3) is 0 Å². The first kappa shape index (κ1) is 23.1. The van der Waals surface area contributed by atoms with Gasteiger partial charge >= 0.3 is 6.03 Å². The molecule has 0 aliphatic carbocycles. The van der Waals surface area contributed by atoms with Gasteiger partial charge in [-0.15, -0.1) is 0 Å². The van der Waals surface area contributed by atoms with Gasteiger partial charge in [-0.3, -0.25) is 4.79 Å². The Hall–Kier alpha value is -4.06. The lowest BCUT2D eigenvalue weighted by Gasteiger charge is -2.17. The van der Waals surface area contributed by atoms with Crippen LogP contribution in [0.5, 0.6) is 5.75 Å². The van der Waals surface area contributed by atoms with Crippen molar-refractivity contribution in [2.75, 3.05) is 30.4 Å². The van der Waals surface area contributed by atoms with Crippen molar-refractivity contribution < 1.29 is 14.3 Å². The van der Waals surface area contributed by atoms with Crippen LogP contribution >= 0.6 is 0 Å². The number of nitrogens with zero attached hydrogens (tertiary/aromatic N) is 1. The van der Waals surface area contributed by atoms with Crippen LogP contribution in [-0.4, -0.2) is 32.0 Å². The van der Waals surface area contributed by atoms with Crippen molar-refractivity contribution in [3.63, 3.8) is 0 Å². The molecule has 2 amide bonds. The molecule has 1 aliphatic heterocycles. The molecule has 0 radical (unpaired) electrons. The molecular formula is C28H29N3O3. The summed E-state index contributed by atoms with van der Waals surface area (Å²) in [6.45, 7) is 2.63. The third kappa shape index (κ3) is 6.25. The average molecular weight is 456 g/mol. The Morgan fingerprint density at radius 1 is 0.912 bits per heavy atom. The van der Waals surface area contributed by atoms with Gasteiger partial charge in [-0.25, -0.2) is 4.79 Å². The summed E-state index contributed by atoms with van der Waals surface area (Å²) >= 11 is 0. The van der Waals surface area contributed by atoms with Gasteiger partial charge in [0.05, 0.1) is 7.11 Å². The largest absolute Gasteiger partial charge is 0.497 e. The third-order valence-electron chi connectivity index (χ3n) is 5.83. The summed E-state index contributed by atoms with van der Waals surface area (Å²) in [6.07, 6.45) is 5.90. The van der Waals surface area contributed by atoms with E-state index in [9.17, 15) is 9.59 Å². The zero-order chi connectivity index (χ0) is 23.8. The Bertz CT molecular complexity index is 1130. The lowest BCUT2D eigenvalue weighted by atomic mass is 10.1. The maximum Gasteiger partial charge on any atom is 0.319 e. The smallest absolute Gasteiger partial charge is 0.319 e. The van der Waals surface area contributed by atoms with Crippen molar-refractivity contribution in [2.45, 2.75) is 19.4 Å². The van der Waals surface area contributed by atoms with Crippen LogP contribution in [0.2, 0.25) is 0 Å². The minimum Gasteiger partial charge on any atom is -0.497 e. The van der Waals surface area contributed by atoms with E-state index in [-0.39, 0.29) is 11.8 Å². The predicted molar refractivity (Wildman–Crippen MR) is 137 cm³/mol. The lowest BCUT2D eigenvalue weighted by molar-refractivity contribution is 0.104. The van der Waals surface area contributed by atoms with Gasteiger partial charge in [0, 0.05) is 36.6 Å². The lowest BCUT2D eigenvalue weighted by Crippen LogP contribution is -2.28. The van der Waals surface area contributed by atoms with E-state index in [1.54, 1.807) is 37.5 Å². The number of benzene rings is 3. The van der Waals surface area contributed by atoms with E-state index in [1.807, 2.05) is 42.5 Å². The van der Waals surface area contributed by atoms with Crippen LogP contribution < -0.4 is 20.3 Å². The summed E-state index contributed by atoms with van der Waals surface area (Å²) in [4.78, 5) is 27.1. The third-order valence-corrected chi connectivity index (χ3v) is 5.83. The van der Waals surface area contributed by atoms with Gasteiger partial charge < -0.3 is 20.3 Å². The average Bonchev–Trinajstić information content (AvgIpc) is 3.42. The molecule has 6 heteroatoms. The van der Waals surface area contributed by atoms with Crippen LogP contribution in [0.1, 0.15) is 34.3 Å². The quantitative estimate of drug-likeness (QED) is 0.347. The molecule has 6 nitrogen and oxygen atoms in total. The molecule has 3 aromatic carbocycles. The fraction of sp³-hybridized carbons (Fsp3) is 0.214. The highest BCUT2D eigenvalue weighted by Crippen LogP contribution is 2.21. The van der Waals surface area contributed by atoms with Crippen molar-refractivity contribution in [2.24, 2.45) is 0 Å². The van der Waals surface area contributed by atoms with Crippen LogP contribution in [-0.2, 0) is 6.54 Å². The SMILES string of the molecule is COc1ccc(CNC(=O)Nc2ccc(C(=O)C=Cc3ccc(N4CCCC4)cc3)cc2)cc1. The molecule has 0 unspecified atom stereocenters. The fourth-order valence-electron chi connectivity index (χ4n) is 3.86. The van der Waals surface area contributed by atoms with Crippen molar-refractivity contribution in [3.8, 4) is 5.75 Å². The van der Waals surface area contributed by atoms with Crippen LogP contribution in [0.25, 0.3) is 6.08 Å². The number of hydrogen-bond donors (Lipinski definition) is 2. The monoisotopic (exact) mass is 455 g/mol. The highest BCUT2D eigenvalue weighted by atomic mass is 16.5. The summed E-state index contributed by atoms with van der Waals surface area (Å²) in [5.41, 5.74) is 4.37. The molecule has 3 aromatic rings.